The molecule has 0 amide bonds. The van der Waals surface area contributed by atoms with Gasteiger partial charge in [0.25, 0.3) is 0 Å². The number of rotatable bonds is 10. The largest absolute Gasteiger partial charge is 0.457 e. The van der Waals surface area contributed by atoms with E-state index in [9.17, 15) is 4.79 Å². The first kappa shape index (κ1) is 22.3. The van der Waals surface area contributed by atoms with Crippen molar-refractivity contribution in [3.8, 4) is 11.5 Å². The molecule has 4 heteroatoms. The van der Waals surface area contributed by atoms with Crippen molar-refractivity contribution in [3.63, 3.8) is 0 Å². The average molecular weight is 429 g/mol. The Hall–Kier alpha value is -2.95. The minimum Gasteiger partial charge on any atom is -0.457 e. The molecule has 3 aromatic rings. The predicted molar refractivity (Wildman–Crippen MR) is 129 cm³/mol. The number of ketones is 1. The zero-order chi connectivity index (χ0) is 22.0. The van der Waals surface area contributed by atoms with Gasteiger partial charge in [0, 0.05) is 44.7 Å². The van der Waals surface area contributed by atoms with Gasteiger partial charge in [0.1, 0.15) is 11.5 Å². The molecule has 32 heavy (non-hydrogen) atoms. The summed E-state index contributed by atoms with van der Waals surface area (Å²) in [5, 5.41) is 0. The lowest BCUT2D eigenvalue weighted by atomic mass is 10.1. The van der Waals surface area contributed by atoms with Crippen LogP contribution in [0.3, 0.4) is 0 Å². The maximum Gasteiger partial charge on any atom is 0.162 e. The van der Waals surface area contributed by atoms with Crippen molar-refractivity contribution in [3.05, 3.63) is 96.1 Å². The fourth-order valence-electron chi connectivity index (χ4n) is 4.11. The molecule has 1 aliphatic heterocycles. The van der Waals surface area contributed by atoms with Crippen molar-refractivity contribution in [2.75, 3.05) is 32.7 Å². The van der Waals surface area contributed by atoms with Gasteiger partial charge in [-0.15, -0.1) is 0 Å². The lowest BCUT2D eigenvalue weighted by Gasteiger charge is -2.34. The molecule has 0 spiro atoms. The fourth-order valence-corrected chi connectivity index (χ4v) is 4.11. The molecule has 1 saturated heterocycles. The van der Waals surface area contributed by atoms with Gasteiger partial charge in [-0.25, -0.2) is 0 Å². The summed E-state index contributed by atoms with van der Waals surface area (Å²) in [5.41, 5.74) is 2.15. The Balaban J connectivity index is 1.12. The molecule has 0 atom stereocenters. The Morgan fingerprint density at radius 1 is 0.688 bits per heavy atom. The Labute approximate surface area is 191 Å². The molecule has 1 heterocycles. The van der Waals surface area contributed by atoms with Crippen LogP contribution in [0.15, 0.2) is 84.9 Å². The molecule has 0 unspecified atom stereocenters. The summed E-state index contributed by atoms with van der Waals surface area (Å²) in [4.78, 5) is 17.6. The number of nitrogens with zero attached hydrogens (tertiary/aromatic N) is 2. The van der Waals surface area contributed by atoms with E-state index in [-0.39, 0.29) is 5.78 Å². The van der Waals surface area contributed by atoms with Gasteiger partial charge in [0.05, 0.1) is 0 Å². The standard InChI is InChI=1S/C28H32N2O2/c31-28(25-14-16-27(17-15-25)32-26-11-5-2-6-12-26)13-7-8-18-29-19-21-30(22-20-29)23-24-9-3-1-4-10-24/h1-6,9-12,14-17H,7-8,13,18-23H2. The van der Waals surface area contributed by atoms with Gasteiger partial charge < -0.3 is 9.64 Å². The number of hydrogen-bond acceptors (Lipinski definition) is 4. The molecule has 166 valence electrons. The lowest BCUT2D eigenvalue weighted by molar-refractivity contribution is 0.0973. The number of unbranched alkanes of at least 4 members (excludes halogenated alkanes) is 1. The summed E-state index contributed by atoms with van der Waals surface area (Å²) < 4.78 is 5.80. The van der Waals surface area contributed by atoms with E-state index in [1.165, 1.54) is 5.56 Å². The minimum absolute atomic E-state index is 0.212. The van der Waals surface area contributed by atoms with E-state index in [4.69, 9.17) is 4.74 Å². The molecule has 0 N–H and O–H groups in total. The predicted octanol–water partition coefficient (Wildman–Crippen LogP) is 5.65. The van der Waals surface area contributed by atoms with Crippen molar-refractivity contribution in [2.24, 2.45) is 0 Å². The molecule has 1 fully saturated rings. The Morgan fingerprint density at radius 2 is 1.28 bits per heavy atom. The highest BCUT2D eigenvalue weighted by Gasteiger charge is 2.16. The normalized spacial score (nSPS) is 14.9. The molecule has 0 saturated carbocycles. The number of carbonyl (C=O) groups is 1. The summed E-state index contributed by atoms with van der Waals surface area (Å²) in [6, 6.07) is 27.9. The minimum atomic E-state index is 0.212. The second kappa shape index (κ2) is 11.6. The third kappa shape index (κ3) is 6.78. The number of Topliss-reactive ketones (excluding diaryl/α,β-unsaturated/α-hetero) is 1. The first-order chi connectivity index (χ1) is 15.8. The molecule has 3 aromatic carbocycles. The van der Waals surface area contributed by atoms with E-state index in [1.54, 1.807) is 0 Å². The van der Waals surface area contributed by atoms with Crippen LogP contribution >= 0.6 is 0 Å². The molecule has 0 aliphatic carbocycles. The van der Waals surface area contributed by atoms with Crippen LogP contribution in [0.4, 0.5) is 0 Å². The van der Waals surface area contributed by atoms with E-state index < -0.39 is 0 Å². The SMILES string of the molecule is O=C(CCCCN1CCN(Cc2ccccc2)CC1)c1ccc(Oc2ccccc2)cc1. The van der Waals surface area contributed by atoms with Crippen molar-refractivity contribution in [2.45, 2.75) is 25.8 Å². The quantitative estimate of drug-likeness (QED) is 0.309. The van der Waals surface area contributed by atoms with Gasteiger partial charge in [-0.05, 0) is 61.3 Å². The van der Waals surface area contributed by atoms with E-state index in [0.29, 0.717) is 6.42 Å². The first-order valence-corrected chi connectivity index (χ1v) is 11.6. The van der Waals surface area contributed by atoms with Gasteiger partial charge in [-0.1, -0.05) is 48.5 Å². The molecule has 0 aromatic heterocycles. The number of ether oxygens (including phenoxy) is 1. The highest BCUT2D eigenvalue weighted by molar-refractivity contribution is 5.96. The van der Waals surface area contributed by atoms with Gasteiger partial charge in [0.15, 0.2) is 5.78 Å². The lowest BCUT2D eigenvalue weighted by Crippen LogP contribution is -2.46. The highest BCUT2D eigenvalue weighted by Crippen LogP contribution is 2.21. The molecule has 4 nitrogen and oxygen atoms in total. The Kier molecular flexibility index (Phi) is 8.07. The maximum atomic E-state index is 12.5. The second-order valence-electron chi connectivity index (χ2n) is 8.42. The second-order valence-corrected chi connectivity index (χ2v) is 8.42. The molecule has 0 bridgehead atoms. The van der Waals surface area contributed by atoms with E-state index in [0.717, 1.165) is 69.2 Å². The smallest absolute Gasteiger partial charge is 0.162 e. The number of benzene rings is 3. The van der Waals surface area contributed by atoms with E-state index >= 15 is 0 Å². The monoisotopic (exact) mass is 428 g/mol. The van der Waals surface area contributed by atoms with Gasteiger partial charge in [-0.2, -0.15) is 0 Å². The van der Waals surface area contributed by atoms with Crippen LogP contribution in [0, 0.1) is 0 Å². The van der Waals surface area contributed by atoms with E-state index in [2.05, 4.69) is 40.1 Å². The summed E-state index contributed by atoms with van der Waals surface area (Å²) in [6.07, 6.45) is 2.61. The zero-order valence-corrected chi connectivity index (χ0v) is 18.7. The fraction of sp³-hybridized carbons (Fsp3) is 0.321. The van der Waals surface area contributed by atoms with E-state index in [1.807, 2.05) is 54.6 Å². The van der Waals surface area contributed by atoms with Crippen LogP contribution < -0.4 is 4.74 Å². The molecular formula is C28H32N2O2. The van der Waals surface area contributed by atoms with Gasteiger partial charge in [0.2, 0.25) is 0 Å². The molecule has 1 aliphatic rings. The first-order valence-electron chi connectivity index (χ1n) is 11.6. The maximum absolute atomic E-state index is 12.5. The van der Waals surface area contributed by atoms with Crippen LogP contribution in [0.2, 0.25) is 0 Å². The highest BCUT2D eigenvalue weighted by atomic mass is 16.5. The van der Waals surface area contributed by atoms with Crippen LogP contribution in [-0.2, 0) is 6.54 Å². The number of piperazine rings is 1. The van der Waals surface area contributed by atoms with Gasteiger partial charge in [-0.3, -0.25) is 9.69 Å². The van der Waals surface area contributed by atoms with Crippen LogP contribution in [0.25, 0.3) is 0 Å². The number of carbonyl (C=O) groups excluding carboxylic acids is 1. The van der Waals surface area contributed by atoms with Crippen LogP contribution in [0.5, 0.6) is 11.5 Å². The zero-order valence-electron chi connectivity index (χ0n) is 18.7. The van der Waals surface area contributed by atoms with Crippen molar-refractivity contribution in [1.29, 1.82) is 0 Å². The third-order valence-corrected chi connectivity index (χ3v) is 6.00. The summed E-state index contributed by atoms with van der Waals surface area (Å²) >= 11 is 0. The summed E-state index contributed by atoms with van der Waals surface area (Å²) in [7, 11) is 0. The van der Waals surface area contributed by atoms with Gasteiger partial charge >= 0.3 is 0 Å². The third-order valence-electron chi connectivity index (χ3n) is 6.00. The number of hydrogen-bond donors (Lipinski definition) is 0. The van der Waals surface area contributed by atoms with Crippen LogP contribution in [0.1, 0.15) is 35.2 Å². The average Bonchev–Trinajstić information content (AvgIpc) is 2.84. The Morgan fingerprint density at radius 3 is 1.97 bits per heavy atom. The summed E-state index contributed by atoms with van der Waals surface area (Å²) in [5.74, 6) is 1.76. The molecule has 0 radical (unpaired) electrons. The molecular weight excluding hydrogens is 396 g/mol. The van der Waals surface area contributed by atoms with Crippen molar-refractivity contribution >= 4 is 5.78 Å². The Bertz CT molecular complexity index is 950. The number of para-hydroxylation sites is 1. The van der Waals surface area contributed by atoms with Crippen LogP contribution in [-0.4, -0.2) is 48.3 Å². The summed E-state index contributed by atoms with van der Waals surface area (Å²) in [6.45, 7) is 6.58. The van der Waals surface area contributed by atoms with Crippen molar-refractivity contribution in [1.82, 2.24) is 9.80 Å². The van der Waals surface area contributed by atoms with Crippen molar-refractivity contribution < 1.29 is 9.53 Å². The molecule has 4 rings (SSSR count). The topological polar surface area (TPSA) is 32.8 Å².